The number of aryl methyl sites for hydroxylation is 1. The van der Waals surface area contributed by atoms with Crippen LogP contribution in [0.1, 0.15) is 5.69 Å². The second-order valence-electron chi connectivity index (χ2n) is 5.35. The number of rotatable bonds is 5. The van der Waals surface area contributed by atoms with E-state index in [0.717, 1.165) is 0 Å². The molecule has 14 heteroatoms. The summed E-state index contributed by atoms with van der Waals surface area (Å²) in [6, 6.07) is 2.97. The maximum Gasteiger partial charge on any atom is 0.460 e. The number of hydrogen-bond donors (Lipinski definition) is 1. The van der Waals surface area contributed by atoms with Gasteiger partial charge in [0, 0.05) is 18.0 Å². The molecule has 0 atom stereocenters. The minimum Gasteiger partial charge on any atom is -0.311 e. The van der Waals surface area contributed by atoms with Crippen LogP contribution in [0.4, 0.5) is 44.5 Å². The Morgan fingerprint density at radius 1 is 1.04 bits per heavy atom. The number of halogens is 9. The Balaban J connectivity index is 2.33. The van der Waals surface area contributed by atoms with Gasteiger partial charge in [-0.2, -0.15) is 39.5 Å². The van der Waals surface area contributed by atoms with Crippen LogP contribution in [0.15, 0.2) is 24.5 Å². The van der Waals surface area contributed by atoms with Crippen LogP contribution in [0.2, 0.25) is 0 Å². The lowest BCUT2D eigenvalue weighted by atomic mass is 10.0. The van der Waals surface area contributed by atoms with Crippen LogP contribution in [0.3, 0.4) is 0 Å². The SMILES string of the molecule is Cc1nc(-c2cccnc2)sc1NC(=O)C(F)(F)C(F)(F)C(F)(F)C(F)(F)F. The summed E-state index contributed by atoms with van der Waals surface area (Å²) >= 11 is 0.510. The Labute approximate surface area is 154 Å². The van der Waals surface area contributed by atoms with Gasteiger partial charge in [-0.05, 0) is 19.1 Å². The van der Waals surface area contributed by atoms with Crippen LogP contribution in [-0.2, 0) is 4.79 Å². The molecule has 0 aliphatic rings. The second kappa shape index (κ2) is 6.90. The van der Waals surface area contributed by atoms with Gasteiger partial charge in [-0.1, -0.05) is 11.3 Å². The monoisotopic (exact) mass is 437 g/mol. The van der Waals surface area contributed by atoms with Crippen molar-refractivity contribution in [2.75, 3.05) is 5.32 Å². The zero-order chi connectivity index (χ0) is 21.5. The average molecular weight is 437 g/mol. The minimum atomic E-state index is -7.15. The standard InChI is InChI=1S/C14H8F9N3OS/c1-6-8(28-9(25-6)7-3-2-4-24-5-7)26-10(27)11(15,16)12(17,18)13(19,20)14(21,22)23/h2-5H,1H3,(H,26,27). The molecule has 2 aromatic rings. The van der Waals surface area contributed by atoms with E-state index in [2.05, 4.69) is 9.97 Å². The van der Waals surface area contributed by atoms with Gasteiger partial charge in [0.2, 0.25) is 0 Å². The molecule has 0 fully saturated rings. The largest absolute Gasteiger partial charge is 0.460 e. The van der Waals surface area contributed by atoms with E-state index in [1.165, 1.54) is 36.8 Å². The van der Waals surface area contributed by atoms with Gasteiger partial charge < -0.3 is 5.32 Å². The molecule has 1 amide bonds. The van der Waals surface area contributed by atoms with E-state index in [0.29, 0.717) is 16.9 Å². The fourth-order valence-corrected chi connectivity index (χ4v) is 2.78. The van der Waals surface area contributed by atoms with E-state index in [1.54, 1.807) is 0 Å². The molecule has 0 aromatic carbocycles. The highest BCUT2D eigenvalue weighted by Gasteiger charge is 2.83. The van der Waals surface area contributed by atoms with Gasteiger partial charge in [-0.25, -0.2) is 4.98 Å². The molecule has 154 valence electrons. The Kier molecular flexibility index (Phi) is 5.40. The van der Waals surface area contributed by atoms with E-state index in [-0.39, 0.29) is 10.7 Å². The summed E-state index contributed by atoms with van der Waals surface area (Å²) in [7, 11) is 0. The topological polar surface area (TPSA) is 54.9 Å². The first-order valence-corrected chi connectivity index (χ1v) is 7.84. The Morgan fingerprint density at radius 2 is 1.64 bits per heavy atom. The lowest BCUT2D eigenvalue weighted by Gasteiger charge is -2.32. The first kappa shape index (κ1) is 21.9. The van der Waals surface area contributed by atoms with Crippen molar-refractivity contribution < 1.29 is 44.3 Å². The predicted octanol–water partition coefficient (Wildman–Crippen LogP) is 4.92. The van der Waals surface area contributed by atoms with Crippen molar-refractivity contribution in [2.24, 2.45) is 0 Å². The summed E-state index contributed by atoms with van der Waals surface area (Å²) in [4.78, 5) is 19.1. The van der Waals surface area contributed by atoms with Crippen molar-refractivity contribution in [3.63, 3.8) is 0 Å². The predicted molar refractivity (Wildman–Crippen MR) is 79.6 cm³/mol. The molecule has 4 nitrogen and oxygen atoms in total. The molecule has 1 N–H and O–H groups in total. The molecule has 0 saturated heterocycles. The number of aromatic nitrogens is 2. The van der Waals surface area contributed by atoms with Gasteiger partial charge in [-0.15, -0.1) is 0 Å². The average Bonchev–Trinajstić information content (AvgIpc) is 2.95. The van der Waals surface area contributed by atoms with Crippen LogP contribution in [0.5, 0.6) is 0 Å². The molecule has 0 spiro atoms. The maximum atomic E-state index is 13.6. The van der Waals surface area contributed by atoms with E-state index in [9.17, 15) is 44.3 Å². The van der Waals surface area contributed by atoms with Crippen molar-refractivity contribution in [3.8, 4) is 10.6 Å². The van der Waals surface area contributed by atoms with E-state index in [1.807, 2.05) is 0 Å². The molecule has 0 aliphatic carbocycles. The number of carbonyl (C=O) groups is 1. The molecule has 0 bridgehead atoms. The van der Waals surface area contributed by atoms with Gasteiger partial charge >= 0.3 is 29.9 Å². The molecule has 0 radical (unpaired) electrons. The highest BCUT2D eigenvalue weighted by molar-refractivity contribution is 7.19. The third-order valence-electron chi connectivity index (χ3n) is 3.36. The molecule has 2 rings (SSSR count). The number of nitrogens with one attached hydrogen (secondary N) is 1. The van der Waals surface area contributed by atoms with Gasteiger partial charge in [-0.3, -0.25) is 9.78 Å². The fraction of sp³-hybridized carbons (Fsp3) is 0.357. The normalized spacial score (nSPS) is 13.5. The first-order chi connectivity index (χ1) is 12.6. The summed E-state index contributed by atoms with van der Waals surface area (Å²) in [5, 5.41) is 0.812. The molecule has 0 aliphatic heterocycles. The highest BCUT2D eigenvalue weighted by atomic mass is 32.1. The van der Waals surface area contributed by atoms with Crippen LogP contribution in [0, 0.1) is 6.92 Å². The van der Waals surface area contributed by atoms with Crippen LogP contribution in [0.25, 0.3) is 10.6 Å². The van der Waals surface area contributed by atoms with Crippen molar-refractivity contribution in [2.45, 2.75) is 30.9 Å². The van der Waals surface area contributed by atoms with Gasteiger partial charge in [0.1, 0.15) is 10.0 Å². The molecule has 28 heavy (non-hydrogen) atoms. The lowest BCUT2D eigenvalue weighted by Crippen LogP contribution is -2.64. The summed E-state index contributed by atoms with van der Waals surface area (Å²) in [5.74, 6) is -23.6. The van der Waals surface area contributed by atoms with E-state index >= 15 is 0 Å². The van der Waals surface area contributed by atoms with Crippen molar-refractivity contribution >= 4 is 22.2 Å². The number of nitrogens with zero attached hydrogens (tertiary/aromatic N) is 2. The zero-order valence-corrected chi connectivity index (χ0v) is 14.2. The van der Waals surface area contributed by atoms with Crippen LogP contribution in [-0.4, -0.2) is 39.8 Å². The third-order valence-corrected chi connectivity index (χ3v) is 4.48. The molecule has 2 heterocycles. The maximum absolute atomic E-state index is 13.6. The number of hydrogen-bond acceptors (Lipinski definition) is 4. The Bertz CT molecular complexity index is 865. The Morgan fingerprint density at radius 3 is 2.14 bits per heavy atom. The molecule has 2 aromatic heterocycles. The smallest absolute Gasteiger partial charge is 0.311 e. The molecule has 0 saturated carbocycles. The molecule has 0 unspecified atom stereocenters. The van der Waals surface area contributed by atoms with Crippen LogP contribution >= 0.6 is 11.3 Å². The Hall–Kier alpha value is -2.38. The lowest BCUT2D eigenvalue weighted by molar-refractivity contribution is -0.388. The van der Waals surface area contributed by atoms with Gasteiger partial charge in [0.05, 0.1) is 5.69 Å². The van der Waals surface area contributed by atoms with E-state index in [4.69, 9.17) is 0 Å². The number of amides is 1. The molecular formula is C14H8F9N3OS. The quantitative estimate of drug-likeness (QED) is 0.676. The summed E-state index contributed by atoms with van der Waals surface area (Å²) in [6.45, 7) is 1.17. The molecular weight excluding hydrogens is 429 g/mol. The van der Waals surface area contributed by atoms with Crippen molar-refractivity contribution in [3.05, 3.63) is 30.2 Å². The fourth-order valence-electron chi connectivity index (χ4n) is 1.82. The zero-order valence-electron chi connectivity index (χ0n) is 13.4. The number of alkyl halides is 9. The van der Waals surface area contributed by atoms with E-state index < -0.39 is 34.9 Å². The number of thiazole rings is 1. The summed E-state index contributed by atoms with van der Waals surface area (Å²) in [6.07, 6.45) is -4.30. The highest BCUT2D eigenvalue weighted by Crippen LogP contribution is 2.53. The van der Waals surface area contributed by atoms with Crippen LogP contribution < -0.4 is 5.32 Å². The van der Waals surface area contributed by atoms with Gasteiger partial charge in [0.25, 0.3) is 0 Å². The third kappa shape index (κ3) is 3.52. The summed E-state index contributed by atoms with van der Waals surface area (Å²) < 4.78 is 116. The minimum absolute atomic E-state index is 0.108. The number of carbonyl (C=O) groups excluding carboxylic acids is 1. The number of pyridine rings is 1. The second-order valence-corrected chi connectivity index (χ2v) is 6.35. The first-order valence-electron chi connectivity index (χ1n) is 7.02. The van der Waals surface area contributed by atoms with Gasteiger partial charge in [0.15, 0.2) is 0 Å². The summed E-state index contributed by atoms with van der Waals surface area (Å²) in [5.41, 5.74) is 0.204. The van der Waals surface area contributed by atoms with Crippen molar-refractivity contribution in [1.82, 2.24) is 9.97 Å². The van der Waals surface area contributed by atoms with Crippen molar-refractivity contribution in [1.29, 1.82) is 0 Å². The number of anilines is 1.